The summed E-state index contributed by atoms with van der Waals surface area (Å²) in [6.07, 6.45) is 0.967. The smallest absolute Gasteiger partial charge is 0.162 e. The molecule has 1 aliphatic rings. The fourth-order valence-electron chi connectivity index (χ4n) is 4.32. The van der Waals surface area contributed by atoms with Gasteiger partial charge in [0.25, 0.3) is 0 Å². The second-order valence-electron chi connectivity index (χ2n) is 8.26. The lowest BCUT2D eigenvalue weighted by atomic mass is 9.98. The Morgan fingerprint density at radius 1 is 0.939 bits per heavy atom. The zero-order valence-electron chi connectivity index (χ0n) is 19.3. The van der Waals surface area contributed by atoms with Gasteiger partial charge in [-0.25, -0.2) is 9.97 Å². The SMILES string of the molecule is COc1cc2nc(C)nc(N[C@H](C)c3cccc(-c4ccc5c(c4)CCO5)c3)c2cc1OC. The highest BCUT2D eigenvalue weighted by Gasteiger charge is 2.16. The minimum atomic E-state index is 0.0355. The van der Waals surface area contributed by atoms with E-state index in [2.05, 4.69) is 64.7 Å². The lowest BCUT2D eigenvalue weighted by Crippen LogP contribution is -2.10. The second-order valence-corrected chi connectivity index (χ2v) is 8.26. The van der Waals surface area contributed by atoms with E-state index in [4.69, 9.17) is 14.2 Å². The lowest BCUT2D eigenvalue weighted by molar-refractivity contribution is 0.356. The zero-order valence-corrected chi connectivity index (χ0v) is 19.3. The molecule has 1 aliphatic heterocycles. The van der Waals surface area contributed by atoms with Crippen LogP contribution < -0.4 is 19.5 Å². The van der Waals surface area contributed by atoms with Gasteiger partial charge in [0, 0.05) is 23.9 Å². The van der Waals surface area contributed by atoms with Crippen LogP contribution in [-0.2, 0) is 6.42 Å². The van der Waals surface area contributed by atoms with E-state index in [0.717, 1.165) is 35.5 Å². The fourth-order valence-corrected chi connectivity index (χ4v) is 4.32. The molecule has 6 nitrogen and oxygen atoms in total. The number of hydrogen-bond acceptors (Lipinski definition) is 6. The Hall–Kier alpha value is -3.80. The van der Waals surface area contributed by atoms with Gasteiger partial charge in [0.2, 0.25) is 0 Å². The Balaban J connectivity index is 1.47. The molecule has 168 valence electrons. The molecule has 0 radical (unpaired) electrons. The van der Waals surface area contributed by atoms with E-state index < -0.39 is 0 Å². The first kappa shape index (κ1) is 21.1. The van der Waals surface area contributed by atoms with Gasteiger partial charge in [-0.3, -0.25) is 0 Å². The highest BCUT2D eigenvalue weighted by Crippen LogP contribution is 2.36. The van der Waals surface area contributed by atoms with Crippen molar-refractivity contribution in [2.45, 2.75) is 26.3 Å². The highest BCUT2D eigenvalue weighted by molar-refractivity contribution is 5.92. The molecule has 0 spiro atoms. The van der Waals surface area contributed by atoms with Crippen molar-refractivity contribution < 1.29 is 14.2 Å². The van der Waals surface area contributed by atoms with Crippen molar-refractivity contribution in [3.8, 4) is 28.4 Å². The molecule has 0 fully saturated rings. The van der Waals surface area contributed by atoms with Crippen LogP contribution in [0.3, 0.4) is 0 Å². The average molecular weight is 442 g/mol. The van der Waals surface area contributed by atoms with Crippen LogP contribution in [0.4, 0.5) is 5.82 Å². The number of aromatic nitrogens is 2. The first-order chi connectivity index (χ1) is 16.1. The number of nitrogens with one attached hydrogen (secondary N) is 1. The monoisotopic (exact) mass is 441 g/mol. The van der Waals surface area contributed by atoms with Crippen LogP contribution in [0.1, 0.15) is 29.9 Å². The molecular formula is C27H27N3O3. The lowest BCUT2D eigenvalue weighted by Gasteiger charge is -2.18. The maximum atomic E-state index is 5.65. The van der Waals surface area contributed by atoms with Gasteiger partial charge in [0.15, 0.2) is 11.5 Å². The van der Waals surface area contributed by atoms with E-state index in [1.165, 1.54) is 22.3 Å². The molecule has 0 saturated heterocycles. The first-order valence-electron chi connectivity index (χ1n) is 11.1. The van der Waals surface area contributed by atoms with Gasteiger partial charge in [0.1, 0.15) is 17.4 Å². The van der Waals surface area contributed by atoms with E-state index in [1.54, 1.807) is 14.2 Å². The Morgan fingerprint density at radius 2 is 1.73 bits per heavy atom. The third kappa shape index (κ3) is 4.04. The molecule has 1 N–H and O–H groups in total. The van der Waals surface area contributed by atoms with E-state index in [0.29, 0.717) is 17.3 Å². The number of nitrogens with zero attached hydrogens (tertiary/aromatic N) is 2. The highest BCUT2D eigenvalue weighted by atomic mass is 16.5. The van der Waals surface area contributed by atoms with E-state index >= 15 is 0 Å². The molecule has 0 bridgehead atoms. The quantitative estimate of drug-likeness (QED) is 0.412. The van der Waals surface area contributed by atoms with E-state index in [1.807, 2.05) is 19.1 Å². The third-order valence-electron chi connectivity index (χ3n) is 6.08. The van der Waals surface area contributed by atoms with Crippen LogP contribution in [0.25, 0.3) is 22.0 Å². The summed E-state index contributed by atoms with van der Waals surface area (Å²) < 4.78 is 16.6. The van der Waals surface area contributed by atoms with Crippen molar-refractivity contribution in [3.05, 3.63) is 71.5 Å². The number of rotatable bonds is 6. The number of benzene rings is 3. The van der Waals surface area contributed by atoms with Crippen molar-refractivity contribution in [2.24, 2.45) is 0 Å². The summed E-state index contributed by atoms with van der Waals surface area (Å²) in [5.41, 5.74) is 5.65. The van der Waals surface area contributed by atoms with Crippen molar-refractivity contribution in [2.75, 3.05) is 26.1 Å². The number of anilines is 1. The van der Waals surface area contributed by atoms with Crippen LogP contribution in [0.15, 0.2) is 54.6 Å². The summed E-state index contributed by atoms with van der Waals surface area (Å²) >= 11 is 0. The molecule has 0 unspecified atom stereocenters. The minimum absolute atomic E-state index is 0.0355. The zero-order chi connectivity index (χ0) is 22.9. The molecule has 0 amide bonds. The van der Waals surface area contributed by atoms with Crippen molar-refractivity contribution in [1.29, 1.82) is 0 Å². The van der Waals surface area contributed by atoms with Gasteiger partial charge in [-0.05, 0) is 60.4 Å². The Bertz CT molecular complexity index is 1340. The van der Waals surface area contributed by atoms with Crippen LogP contribution in [-0.4, -0.2) is 30.8 Å². The second kappa shape index (κ2) is 8.62. The van der Waals surface area contributed by atoms with Crippen LogP contribution in [0.2, 0.25) is 0 Å². The van der Waals surface area contributed by atoms with Gasteiger partial charge in [0.05, 0.1) is 26.3 Å². The molecule has 6 heteroatoms. The average Bonchev–Trinajstić information content (AvgIpc) is 3.31. The predicted molar refractivity (Wildman–Crippen MR) is 130 cm³/mol. The predicted octanol–water partition coefficient (Wildman–Crippen LogP) is 5.73. The topological polar surface area (TPSA) is 65.5 Å². The molecule has 1 aromatic heterocycles. The number of fused-ring (bicyclic) bond motifs is 2. The number of methoxy groups -OCH3 is 2. The van der Waals surface area contributed by atoms with Crippen LogP contribution >= 0.6 is 0 Å². The summed E-state index contributed by atoms with van der Waals surface area (Å²) in [6.45, 7) is 4.80. The minimum Gasteiger partial charge on any atom is -0.493 e. The van der Waals surface area contributed by atoms with E-state index in [9.17, 15) is 0 Å². The van der Waals surface area contributed by atoms with Crippen molar-refractivity contribution >= 4 is 16.7 Å². The molecule has 0 saturated carbocycles. The van der Waals surface area contributed by atoms with Gasteiger partial charge >= 0.3 is 0 Å². The third-order valence-corrected chi connectivity index (χ3v) is 6.08. The molecule has 2 heterocycles. The van der Waals surface area contributed by atoms with E-state index in [-0.39, 0.29) is 6.04 Å². The summed E-state index contributed by atoms with van der Waals surface area (Å²) in [5, 5.41) is 4.47. The molecule has 0 aliphatic carbocycles. The fraction of sp³-hybridized carbons (Fsp3) is 0.259. The van der Waals surface area contributed by atoms with Crippen molar-refractivity contribution in [3.63, 3.8) is 0 Å². The number of ether oxygens (including phenoxy) is 3. The van der Waals surface area contributed by atoms with Crippen LogP contribution in [0.5, 0.6) is 17.2 Å². The Labute approximate surface area is 193 Å². The molecule has 33 heavy (non-hydrogen) atoms. The molecule has 4 aromatic rings. The first-order valence-corrected chi connectivity index (χ1v) is 11.1. The van der Waals surface area contributed by atoms with Crippen LogP contribution in [0, 0.1) is 6.92 Å². The molecule has 5 rings (SSSR count). The van der Waals surface area contributed by atoms with Gasteiger partial charge in [-0.15, -0.1) is 0 Å². The van der Waals surface area contributed by atoms with Gasteiger partial charge in [-0.1, -0.05) is 24.3 Å². The van der Waals surface area contributed by atoms with Crippen molar-refractivity contribution in [1.82, 2.24) is 9.97 Å². The number of aryl methyl sites for hydroxylation is 1. The molecule has 1 atom stereocenters. The summed E-state index contributed by atoms with van der Waals surface area (Å²) in [5.74, 6) is 3.76. The summed E-state index contributed by atoms with van der Waals surface area (Å²) in [6, 6.07) is 18.9. The maximum absolute atomic E-state index is 5.65. The summed E-state index contributed by atoms with van der Waals surface area (Å²) in [4.78, 5) is 9.27. The Morgan fingerprint density at radius 3 is 2.55 bits per heavy atom. The molecular weight excluding hydrogens is 414 g/mol. The Kier molecular flexibility index (Phi) is 5.50. The van der Waals surface area contributed by atoms with Gasteiger partial charge in [-0.2, -0.15) is 0 Å². The molecule has 3 aromatic carbocycles. The number of hydrogen-bond donors (Lipinski definition) is 1. The maximum Gasteiger partial charge on any atom is 0.162 e. The van der Waals surface area contributed by atoms with Gasteiger partial charge < -0.3 is 19.5 Å². The largest absolute Gasteiger partial charge is 0.493 e. The standard InChI is InChI=1S/C27H27N3O3/c1-16(18-6-5-7-19(12-18)20-8-9-24-21(13-20)10-11-33-24)28-27-22-14-25(31-3)26(32-4)15-23(22)29-17(2)30-27/h5-9,12-16H,10-11H2,1-4H3,(H,28,29,30)/t16-/m1/s1. The summed E-state index contributed by atoms with van der Waals surface area (Å²) in [7, 11) is 3.25. The normalized spacial score (nSPS) is 13.3.